The molecule has 0 saturated carbocycles. The fraction of sp³-hybridized carbons (Fsp3) is 0.354. The number of hydrogen-bond acceptors (Lipinski definition) is 8. The Morgan fingerprint density at radius 3 is 2.28 bits per heavy atom. The summed E-state index contributed by atoms with van der Waals surface area (Å²) >= 11 is 5.92. The van der Waals surface area contributed by atoms with Gasteiger partial charge in [-0.1, -0.05) is 73.8 Å². The smallest absolute Gasteiger partial charge is 0.352 e. The fourth-order valence-corrected chi connectivity index (χ4v) is 6.97. The van der Waals surface area contributed by atoms with Crippen molar-refractivity contribution in [2.75, 3.05) is 13.2 Å². The maximum atomic E-state index is 14.1. The van der Waals surface area contributed by atoms with Crippen molar-refractivity contribution in [1.29, 1.82) is 0 Å². The van der Waals surface area contributed by atoms with Gasteiger partial charge in [-0.2, -0.15) is 0 Å². The quantitative estimate of drug-likeness (QED) is 0.0401. The fourth-order valence-electron chi connectivity index (χ4n) is 6.84. The van der Waals surface area contributed by atoms with Gasteiger partial charge < -0.3 is 34.3 Å². The Bertz CT molecular complexity index is 2250. The monoisotopic (exact) mass is 840 g/mol. The zero-order valence-electron chi connectivity index (χ0n) is 34.8. The van der Waals surface area contributed by atoms with E-state index in [2.05, 4.69) is 9.88 Å². The predicted octanol–water partition coefficient (Wildman–Crippen LogP) is 9.63. The summed E-state index contributed by atoms with van der Waals surface area (Å²) in [6.45, 7) is 9.62. The first-order valence-corrected chi connectivity index (χ1v) is 20.7. The van der Waals surface area contributed by atoms with Crippen LogP contribution in [0.5, 0.6) is 5.75 Å². The summed E-state index contributed by atoms with van der Waals surface area (Å²) in [6, 6.07) is 27.4. The second-order valence-electron chi connectivity index (χ2n) is 15.6. The molecule has 0 saturated heterocycles. The Balaban J connectivity index is 1.37. The van der Waals surface area contributed by atoms with Crippen molar-refractivity contribution in [3.63, 3.8) is 0 Å². The number of carbonyl (C=O) groups excluding carboxylic acids is 3. The molecule has 4 aromatic carbocycles. The summed E-state index contributed by atoms with van der Waals surface area (Å²) in [5.74, 6) is -4.28. The Hall–Kier alpha value is -5.49. The van der Waals surface area contributed by atoms with Crippen molar-refractivity contribution in [3.05, 3.63) is 131 Å². The molecule has 2 unspecified atom stereocenters. The van der Waals surface area contributed by atoms with Crippen LogP contribution < -0.4 is 10.1 Å². The lowest BCUT2D eigenvalue weighted by Gasteiger charge is -2.32. The number of rotatable bonds is 20. The van der Waals surface area contributed by atoms with Crippen molar-refractivity contribution < 1.29 is 43.2 Å². The van der Waals surface area contributed by atoms with E-state index in [1.807, 2.05) is 57.2 Å². The Morgan fingerprint density at radius 1 is 0.933 bits per heavy atom. The molecule has 5 rings (SSSR count). The first kappa shape index (κ1) is 45.6. The van der Waals surface area contributed by atoms with Gasteiger partial charge in [0.15, 0.2) is 5.60 Å². The number of esters is 2. The number of unbranched alkanes of at least 4 members (excludes halogenated alkanes) is 2. The van der Waals surface area contributed by atoms with Gasteiger partial charge in [0.2, 0.25) is 5.79 Å². The van der Waals surface area contributed by atoms with E-state index in [-0.39, 0.29) is 24.4 Å². The van der Waals surface area contributed by atoms with Crippen molar-refractivity contribution in [1.82, 2.24) is 9.88 Å². The molecule has 1 amide bonds. The Labute approximate surface area is 355 Å². The van der Waals surface area contributed by atoms with E-state index in [1.165, 1.54) is 32.1 Å². The zero-order valence-corrected chi connectivity index (χ0v) is 35.5. The maximum Gasteiger partial charge on any atom is 0.352 e. The molecule has 12 heteroatoms. The molecular weight excluding hydrogens is 787 g/mol. The summed E-state index contributed by atoms with van der Waals surface area (Å²) in [5.41, 5.74) is 2.79. The first-order chi connectivity index (χ1) is 28.6. The molecule has 0 aliphatic carbocycles. The number of aliphatic hydroxyl groups is 2. The lowest BCUT2D eigenvalue weighted by molar-refractivity contribution is -0.211. The lowest BCUT2D eigenvalue weighted by atomic mass is 9.99. The Kier molecular flexibility index (Phi) is 15.7. The number of halogens is 2. The van der Waals surface area contributed by atoms with Crippen LogP contribution in [0.15, 0.2) is 103 Å². The number of nitrogens with zero attached hydrogens (tertiary/aromatic N) is 1. The standard InChI is InChI=1S/C48H54ClFN2O8/c1-6-7-10-29-58-43(54)30-38(53)31-48(57,27-25-42-44(34-17-21-37(50)22-18-34)40-11-8-9-12-41(40)52(42)32(2)3)60-46(56)47(4,5)59-39-23-13-33(14-24-39)26-28-51-45(55)35-15-19-36(49)20-16-35/h8-9,11-25,27,32,38,53,57H,6-7,10,26,28-31H2,1-5H3,(H,51,55)/b27-25+. The number of hydrogen-bond donors (Lipinski definition) is 3. The number of carbonyl (C=O) groups is 3. The van der Waals surface area contributed by atoms with Crippen molar-refractivity contribution in [2.45, 2.75) is 96.7 Å². The molecule has 0 radical (unpaired) electrons. The van der Waals surface area contributed by atoms with Gasteiger partial charge in [-0.05, 0) is 118 Å². The number of amides is 1. The largest absolute Gasteiger partial charge is 0.476 e. The summed E-state index contributed by atoms with van der Waals surface area (Å²) in [5, 5.41) is 27.6. The molecule has 318 valence electrons. The molecule has 0 fully saturated rings. The van der Waals surface area contributed by atoms with Crippen LogP contribution in [-0.4, -0.2) is 63.3 Å². The van der Waals surface area contributed by atoms with Gasteiger partial charge in [0, 0.05) is 51.8 Å². The topological polar surface area (TPSA) is 136 Å². The minimum Gasteiger partial charge on any atom is -0.476 e. The van der Waals surface area contributed by atoms with Crippen LogP contribution in [0.25, 0.3) is 28.1 Å². The third-order valence-corrected chi connectivity index (χ3v) is 10.2. The number of fused-ring (bicyclic) bond motifs is 1. The van der Waals surface area contributed by atoms with Crippen LogP contribution in [-0.2, 0) is 25.5 Å². The van der Waals surface area contributed by atoms with Gasteiger partial charge >= 0.3 is 11.9 Å². The van der Waals surface area contributed by atoms with E-state index in [4.69, 9.17) is 25.8 Å². The van der Waals surface area contributed by atoms with Gasteiger partial charge in [-0.3, -0.25) is 9.59 Å². The number of para-hydroxylation sites is 1. The SMILES string of the molecule is CCCCCOC(=O)CC(O)CC(O)(/C=C/c1c(-c2ccc(F)cc2)c2ccccc2n1C(C)C)OC(=O)C(C)(C)Oc1ccc(CCNC(=O)c2ccc(Cl)cc2)cc1. The highest BCUT2D eigenvalue weighted by molar-refractivity contribution is 6.30. The van der Waals surface area contributed by atoms with Gasteiger partial charge in [-0.15, -0.1) is 0 Å². The second kappa shape index (κ2) is 20.7. The molecule has 0 bridgehead atoms. The first-order valence-electron chi connectivity index (χ1n) is 20.3. The summed E-state index contributed by atoms with van der Waals surface area (Å²) in [6.07, 6.45) is 3.51. The highest BCUT2D eigenvalue weighted by Crippen LogP contribution is 2.39. The maximum absolute atomic E-state index is 14.1. The van der Waals surface area contributed by atoms with Gasteiger partial charge in [-0.25, -0.2) is 9.18 Å². The predicted molar refractivity (Wildman–Crippen MR) is 232 cm³/mol. The second-order valence-corrected chi connectivity index (χ2v) is 16.0. The average Bonchev–Trinajstić information content (AvgIpc) is 3.54. The van der Waals surface area contributed by atoms with Crippen molar-refractivity contribution in [2.24, 2.45) is 0 Å². The van der Waals surface area contributed by atoms with Crippen LogP contribution in [0, 0.1) is 5.82 Å². The molecule has 10 nitrogen and oxygen atoms in total. The lowest BCUT2D eigenvalue weighted by Crippen LogP contribution is -2.46. The number of nitrogens with one attached hydrogen (secondary N) is 1. The van der Waals surface area contributed by atoms with Crippen LogP contribution in [0.2, 0.25) is 5.02 Å². The van der Waals surface area contributed by atoms with E-state index in [0.717, 1.165) is 40.4 Å². The molecule has 1 heterocycles. The number of benzene rings is 4. The minimum absolute atomic E-state index is 0.0701. The highest BCUT2D eigenvalue weighted by atomic mass is 35.5. The van der Waals surface area contributed by atoms with Crippen LogP contribution in [0.1, 0.15) is 94.4 Å². The normalized spacial score (nSPS) is 13.3. The van der Waals surface area contributed by atoms with Crippen LogP contribution >= 0.6 is 11.6 Å². The van der Waals surface area contributed by atoms with Crippen LogP contribution in [0.4, 0.5) is 4.39 Å². The highest BCUT2D eigenvalue weighted by Gasteiger charge is 2.40. The third kappa shape index (κ3) is 12.3. The van der Waals surface area contributed by atoms with Crippen molar-refractivity contribution in [3.8, 4) is 16.9 Å². The van der Waals surface area contributed by atoms with Crippen LogP contribution in [0.3, 0.4) is 0 Å². The summed E-state index contributed by atoms with van der Waals surface area (Å²) in [4.78, 5) is 39.0. The third-order valence-electron chi connectivity index (χ3n) is 9.90. The number of ether oxygens (including phenoxy) is 3. The molecule has 1 aromatic heterocycles. The summed E-state index contributed by atoms with van der Waals surface area (Å²) in [7, 11) is 0. The number of aliphatic hydroxyl groups excluding tert-OH is 1. The average molecular weight is 841 g/mol. The minimum atomic E-state index is -2.43. The van der Waals surface area contributed by atoms with Gasteiger partial charge in [0.1, 0.15) is 11.6 Å². The molecule has 5 aromatic rings. The molecule has 60 heavy (non-hydrogen) atoms. The molecule has 0 aliphatic heterocycles. The molecular formula is C48H54ClFN2O8. The molecule has 2 atom stereocenters. The van der Waals surface area contributed by atoms with E-state index in [0.29, 0.717) is 41.4 Å². The van der Waals surface area contributed by atoms with Crippen molar-refractivity contribution >= 4 is 46.4 Å². The van der Waals surface area contributed by atoms with E-state index < -0.39 is 42.3 Å². The van der Waals surface area contributed by atoms with E-state index in [1.54, 1.807) is 54.6 Å². The van der Waals surface area contributed by atoms with Gasteiger partial charge in [0.25, 0.3) is 5.91 Å². The molecule has 0 spiro atoms. The zero-order chi connectivity index (χ0) is 43.5. The van der Waals surface area contributed by atoms with Gasteiger partial charge in [0.05, 0.1) is 19.1 Å². The summed E-state index contributed by atoms with van der Waals surface area (Å²) < 4.78 is 33.3. The molecule has 3 N–H and O–H groups in total. The number of aromatic nitrogens is 1. The van der Waals surface area contributed by atoms with E-state index in [9.17, 15) is 29.0 Å². The van der Waals surface area contributed by atoms with E-state index >= 15 is 0 Å². The molecule has 0 aliphatic rings. The Morgan fingerprint density at radius 2 is 1.62 bits per heavy atom.